The highest BCUT2D eigenvalue weighted by Gasteiger charge is 2.41. The molecule has 0 spiro atoms. The lowest BCUT2D eigenvalue weighted by Gasteiger charge is -2.28. The molecule has 2 aromatic carbocycles. The van der Waals surface area contributed by atoms with Crippen molar-refractivity contribution in [3.8, 4) is 0 Å². The topological polar surface area (TPSA) is 78.8 Å². The Hall–Kier alpha value is -3.61. The molecule has 2 atom stereocenters. The summed E-state index contributed by atoms with van der Waals surface area (Å²) in [4.78, 5) is 44.3. The van der Waals surface area contributed by atoms with E-state index in [1.807, 2.05) is 30.3 Å². The van der Waals surface area contributed by atoms with E-state index in [-0.39, 0.29) is 42.1 Å². The minimum absolute atomic E-state index is 0.0617. The smallest absolute Gasteiger partial charge is 0.251 e. The van der Waals surface area contributed by atoms with E-state index in [4.69, 9.17) is 4.99 Å². The lowest BCUT2D eigenvalue weighted by atomic mass is 9.92. The van der Waals surface area contributed by atoms with Crippen molar-refractivity contribution in [2.75, 3.05) is 6.54 Å². The first kappa shape index (κ1) is 22.2. The number of aliphatic imine (C=N–C) groups is 1. The summed E-state index contributed by atoms with van der Waals surface area (Å²) in [5.41, 5.74) is 3.48. The summed E-state index contributed by atoms with van der Waals surface area (Å²) in [5, 5.41) is 3.36. The number of carbonyl (C=O) groups excluding carboxylic acids is 3. The van der Waals surface area contributed by atoms with Crippen molar-refractivity contribution in [3.05, 3.63) is 83.1 Å². The van der Waals surface area contributed by atoms with Gasteiger partial charge in [-0.3, -0.25) is 24.3 Å². The maximum absolute atomic E-state index is 13.4. The number of hydrogen-bond acceptors (Lipinski definition) is 5. The van der Waals surface area contributed by atoms with E-state index in [0.29, 0.717) is 38.0 Å². The van der Waals surface area contributed by atoms with Crippen molar-refractivity contribution in [2.45, 2.75) is 44.6 Å². The Morgan fingerprint density at radius 2 is 1.74 bits per heavy atom. The van der Waals surface area contributed by atoms with Crippen LogP contribution in [-0.4, -0.2) is 40.7 Å². The molecule has 2 fully saturated rings. The van der Waals surface area contributed by atoms with Crippen molar-refractivity contribution in [2.24, 2.45) is 10.9 Å². The Bertz CT molecular complexity index is 1190. The molecule has 1 N–H and O–H groups in total. The van der Waals surface area contributed by atoms with Crippen molar-refractivity contribution in [3.63, 3.8) is 0 Å². The van der Waals surface area contributed by atoms with Crippen LogP contribution in [0.2, 0.25) is 0 Å². The molecule has 0 aromatic heterocycles. The van der Waals surface area contributed by atoms with E-state index in [1.165, 1.54) is 12.1 Å². The van der Waals surface area contributed by atoms with Gasteiger partial charge in [-0.25, -0.2) is 4.39 Å². The Morgan fingerprint density at radius 1 is 0.971 bits per heavy atom. The number of carbonyl (C=O) groups is 3. The van der Waals surface area contributed by atoms with Gasteiger partial charge in [0.15, 0.2) is 11.6 Å². The zero-order chi connectivity index (χ0) is 23.7. The van der Waals surface area contributed by atoms with Crippen LogP contribution in [0.4, 0.5) is 4.39 Å². The van der Waals surface area contributed by atoms with E-state index in [2.05, 4.69) is 5.32 Å². The number of ketones is 2. The van der Waals surface area contributed by atoms with E-state index in [1.54, 1.807) is 17.0 Å². The highest BCUT2D eigenvalue weighted by atomic mass is 19.1. The van der Waals surface area contributed by atoms with Crippen LogP contribution in [-0.2, 0) is 27.2 Å². The first-order chi connectivity index (χ1) is 16.5. The summed E-state index contributed by atoms with van der Waals surface area (Å²) in [7, 11) is 0. The number of hydrogen-bond donors (Lipinski definition) is 1. The minimum atomic E-state index is -0.474. The fourth-order valence-electron chi connectivity index (χ4n) is 4.92. The Morgan fingerprint density at radius 3 is 2.50 bits per heavy atom. The third-order valence-electron chi connectivity index (χ3n) is 6.75. The summed E-state index contributed by atoms with van der Waals surface area (Å²) in [6.45, 7) is 0.311. The van der Waals surface area contributed by atoms with E-state index in [9.17, 15) is 18.8 Å². The molecule has 7 heteroatoms. The molecule has 0 bridgehead atoms. The molecule has 34 heavy (non-hydrogen) atoms. The maximum atomic E-state index is 13.4. The molecule has 1 aliphatic carbocycles. The predicted octanol–water partition coefficient (Wildman–Crippen LogP) is 3.36. The number of rotatable bonds is 5. The highest BCUT2D eigenvalue weighted by molar-refractivity contribution is 6.37. The van der Waals surface area contributed by atoms with Gasteiger partial charge in [0, 0.05) is 37.3 Å². The number of nitrogens with zero attached hydrogens (tertiary/aromatic N) is 2. The Kier molecular flexibility index (Phi) is 6.09. The number of allylic oxidation sites excluding steroid dienone is 1. The molecule has 1 amide bonds. The van der Waals surface area contributed by atoms with Crippen LogP contribution in [0.3, 0.4) is 0 Å². The average Bonchev–Trinajstić information content (AvgIpc) is 3.04. The first-order valence-electron chi connectivity index (χ1n) is 11.7. The molecule has 0 radical (unpaired) electrons. The second kappa shape index (κ2) is 9.33. The predicted molar refractivity (Wildman–Crippen MR) is 125 cm³/mol. The van der Waals surface area contributed by atoms with Gasteiger partial charge in [-0.15, -0.1) is 0 Å². The fourth-order valence-corrected chi connectivity index (χ4v) is 4.92. The summed E-state index contributed by atoms with van der Waals surface area (Å²) in [5.74, 6) is -0.471. The van der Waals surface area contributed by atoms with E-state index >= 15 is 0 Å². The molecule has 2 aromatic rings. The monoisotopic (exact) mass is 459 g/mol. The van der Waals surface area contributed by atoms with E-state index < -0.39 is 6.04 Å². The van der Waals surface area contributed by atoms with Gasteiger partial charge in [0.1, 0.15) is 17.7 Å². The van der Waals surface area contributed by atoms with Crippen LogP contribution in [0.1, 0.15) is 36.8 Å². The van der Waals surface area contributed by atoms with Crippen molar-refractivity contribution in [1.29, 1.82) is 0 Å². The summed E-state index contributed by atoms with van der Waals surface area (Å²) in [6.07, 6.45) is 2.77. The second-order valence-corrected chi connectivity index (χ2v) is 9.15. The molecule has 2 aliphatic heterocycles. The summed E-state index contributed by atoms with van der Waals surface area (Å²) >= 11 is 0. The van der Waals surface area contributed by atoms with Gasteiger partial charge in [0.25, 0.3) is 5.91 Å². The SMILES string of the molecule is O=C1CCCC(C2=NC(Cc3ccccc3)=C3NC(Cc4ccc(F)cc4)C(=O)N3C2)CC1=O. The molecule has 6 nitrogen and oxygen atoms in total. The minimum Gasteiger partial charge on any atom is -0.358 e. The van der Waals surface area contributed by atoms with Gasteiger partial charge < -0.3 is 5.32 Å². The number of fused-ring (bicyclic) bond motifs is 1. The van der Waals surface area contributed by atoms with E-state index in [0.717, 1.165) is 22.5 Å². The fraction of sp³-hybridized carbons (Fsp3) is 0.333. The lowest BCUT2D eigenvalue weighted by molar-refractivity contribution is -0.136. The standard InChI is InChI=1S/C27H26FN3O3/c28-20-11-9-18(10-12-20)14-22-27(34)31-16-23(19-7-4-8-24(32)25(33)15-19)29-21(26(31)30-22)13-17-5-2-1-3-6-17/h1-3,5-6,9-12,19,22,30H,4,7-8,13-16H2. The number of amides is 1. The van der Waals surface area contributed by atoms with Crippen LogP contribution < -0.4 is 5.32 Å². The zero-order valence-corrected chi connectivity index (χ0v) is 18.8. The highest BCUT2D eigenvalue weighted by Crippen LogP contribution is 2.31. The van der Waals surface area contributed by atoms with Gasteiger partial charge >= 0.3 is 0 Å². The average molecular weight is 460 g/mol. The number of nitrogens with one attached hydrogen (secondary N) is 1. The largest absolute Gasteiger partial charge is 0.358 e. The quantitative estimate of drug-likeness (QED) is 0.549. The van der Waals surface area contributed by atoms with Crippen LogP contribution in [0.5, 0.6) is 0 Å². The van der Waals surface area contributed by atoms with Crippen LogP contribution >= 0.6 is 0 Å². The molecule has 5 rings (SSSR count). The summed E-state index contributed by atoms with van der Waals surface area (Å²) in [6, 6.07) is 15.6. The molecule has 1 saturated heterocycles. The zero-order valence-electron chi connectivity index (χ0n) is 18.8. The lowest BCUT2D eigenvalue weighted by Crippen LogP contribution is -2.39. The third kappa shape index (κ3) is 4.55. The molecular weight excluding hydrogens is 433 g/mol. The van der Waals surface area contributed by atoms with Gasteiger partial charge in [-0.2, -0.15) is 0 Å². The molecule has 1 saturated carbocycles. The molecule has 174 valence electrons. The number of halogens is 1. The van der Waals surface area contributed by atoms with Crippen molar-refractivity contribution < 1.29 is 18.8 Å². The Labute approximate surface area is 197 Å². The maximum Gasteiger partial charge on any atom is 0.251 e. The second-order valence-electron chi connectivity index (χ2n) is 9.15. The Balaban J connectivity index is 1.45. The molecule has 3 aliphatic rings. The summed E-state index contributed by atoms with van der Waals surface area (Å²) < 4.78 is 13.3. The molecular formula is C27H26FN3O3. The third-order valence-corrected chi connectivity index (χ3v) is 6.75. The van der Waals surface area contributed by atoms with Crippen LogP contribution in [0.25, 0.3) is 0 Å². The number of Topliss-reactive ketones (excluding diaryl/α,β-unsaturated/α-hetero) is 2. The van der Waals surface area contributed by atoms with Gasteiger partial charge in [-0.05, 0) is 36.1 Å². The van der Waals surface area contributed by atoms with Gasteiger partial charge in [-0.1, -0.05) is 42.5 Å². The molecule has 2 heterocycles. The van der Waals surface area contributed by atoms with Gasteiger partial charge in [0.05, 0.1) is 12.2 Å². The normalized spacial score (nSPS) is 22.9. The van der Waals surface area contributed by atoms with Crippen LogP contribution in [0, 0.1) is 11.7 Å². The van der Waals surface area contributed by atoms with Crippen molar-refractivity contribution in [1.82, 2.24) is 10.2 Å². The number of benzene rings is 2. The van der Waals surface area contributed by atoms with Crippen LogP contribution in [0.15, 0.2) is 71.1 Å². The van der Waals surface area contributed by atoms with Gasteiger partial charge in [0.2, 0.25) is 0 Å². The first-order valence-corrected chi connectivity index (χ1v) is 11.7. The molecule has 2 unspecified atom stereocenters. The van der Waals surface area contributed by atoms with Crippen molar-refractivity contribution >= 4 is 23.2 Å².